The molecule has 2 N–H and O–H groups in total. The molecule has 0 unspecified atom stereocenters. The number of aliphatic hydroxyl groups is 2. The lowest BCUT2D eigenvalue weighted by atomic mass is 9.99. The maximum absolute atomic E-state index is 15.3. The lowest BCUT2D eigenvalue weighted by molar-refractivity contribution is -0.0301. The quantitative estimate of drug-likeness (QED) is 0.141. The van der Waals surface area contributed by atoms with Gasteiger partial charge in [-0.25, -0.2) is 14.4 Å². The number of nitrogens with zero attached hydrogens (tertiary/aromatic N) is 5. The molecule has 1 saturated heterocycles. The third kappa shape index (κ3) is 9.72. The van der Waals surface area contributed by atoms with Crippen molar-refractivity contribution in [1.82, 2.24) is 19.7 Å². The van der Waals surface area contributed by atoms with Crippen molar-refractivity contribution >= 4 is 33.2 Å². The van der Waals surface area contributed by atoms with Crippen molar-refractivity contribution in [3.8, 4) is 28.9 Å². The van der Waals surface area contributed by atoms with E-state index in [2.05, 4.69) is 31.0 Å². The molecule has 6 rings (SSSR count). The summed E-state index contributed by atoms with van der Waals surface area (Å²) < 4.78 is 33.9. The molecule has 0 radical (unpaired) electrons. The van der Waals surface area contributed by atoms with Gasteiger partial charge in [-0.2, -0.15) is 9.78 Å². The summed E-state index contributed by atoms with van der Waals surface area (Å²) in [6.07, 6.45) is 5.32. The fourth-order valence-corrected chi connectivity index (χ4v) is 5.64. The van der Waals surface area contributed by atoms with Crippen LogP contribution in [0.15, 0.2) is 101 Å². The highest BCUT2D eigenvalue weighted by Crippen LogP contribution is 2.34. The number of alkyl halides is 1. The van der Waals surface area contributed by atoms with E-state index in [1.807, 2.05) is 30.3 Å². The van der Waals surface area contributed by atoms with E-state index < -0.39 is 22.6 Å². The molecule has 1 fully saturated rings. The molecule has 11 nitrogen and oxygen atoms in total. The Hall–Kier alpha value is -4.40. The number of hydrogen-bond acceptors (Lipinski definition) is 10. The van der Waals surface area contributed by atoms with Crippen LogP contribution in [0, 0.1) is 0 Å². The van der Waals surface area contributed by atoms with Crippen molar-refractivity contribution in [1.29, 1.82) is 0 Å². The maximum atomic E-state index is 15.3. The molecule has 1 atom stereocenters. The molecule has 274 valence electrons. The van der Waals surface area contributed by atoms with E-state index in [9.17, 15) is 15.0 Å². The number of rotatable bonds is 9. The van der Waals surface area contributed by atoms with Gasteiger partial charge in [0.15, 0.2) is 0 Å². The Morgan fingerprint density at radius 3 is 1.85 bits per heavy atom. The van der Waals surface area contributed by atoms with Crippen LogP contribution in [0.5, 0.6) is 23.3 Å². The second-order valence-corrected chi connectivity index (χ2v) is 14.5. The van der Waals surface area contributed by atoms with Crippen LogP contribution in [0.3, 0.4) is 0 Å². The Morgan fingerprint density at radius 2 is 1.40 bits per heavy atom. The molecule has 0 saturated carbocycles. The largest absolute Gasteiger partial charge is 0.439 e. The first-order chi connectivity index (χ1) is 24.5. The van der Waals surface area contributed by atoms with Gasteiger partial charge in [-0.05, 0) is 97.6 Å². The number of ether oxygens (including phenoxy) is 3. The lowest BCUT2D eigenvalue weighted by Crippen LogP contribution is -2.49. The van der Waals surface area contributed by atoms with Crippen molar-refractivity contribution in [3.63, 3.8) is 0 Å². The molecule has 5 aromatic rings. The molecule has 0 bridgehead atoms. The molecule has 14 heteroatoms. The van der Waals surface area contributed by atoms with Crippen molar-refractivity contribution in [3.05, 3.63) is 122 Å². The third-order valence-corrected chi connectivity index (χ3v) is 9.09. The minimum absolute atomic E-state index is 0.102. The van der Waals surface area contributed by atoms with Crippen LogP contribution in [0.2, 0.25) is 5.02 Å². The van der Waals surface area contributed by atoms with Crippen LogP contribution < -0.4 is 19.9 Å². The first kappa shape index (κ1) is 38.8. The van der Waals surface area contributed by atoms with Gasteiger partial charge in [0.25, 0.3) is 5.56 Å². The van der Waals surface area contributed by atoms with Gasteiger partial charge in [0.1, 0.15) is 16.5 Å². The van der Waals surface area contributed by atoms with Crippen molar-refractivity contribution < 1.29 is 28.8 Å². The standard InChI is InChI=1S/C24H26ClFN4O4.C14H14BrNO2/c1-23(2,32)16-5-8-18(9-6-16)34-20-10-7-17(13-27-20)30-22(31)21(25)19(14-28-30)29(3)24(26)11-4-12-33-15-24;1-14(2,17)10-3-6-12(7-4-10)18-13-8-5-11(15)9-16-13/h5-10,13-14,32H,4,11-12,15H2,1-3H3;3-9,17H,1-2H3/t24-;/m1./s1. The smallest absolute Gasteiger partial charge is 0.292 e. The van der Waals surface area contributed by atoms with Crippen LogP contribution in [0.4, 0.5) is 10.1 Å². The fraction of sp³-hybridized carbons (Fsp3) is 0.316. The zero-order valence-electron chi connectivity index (χ0n) is 29.4. The van der Waals surface area contributed by atoms with E-state index >= 15 is 4.39 Å². The highest BCUT2D eigenvalue weighted by molar-refractivity contribution is 9.10. The molecule has 0 spiro atoms. The Labute approximate surface area is 314 Å². The average Bonchev–Trinajstić information content (AvgIpc) is 3.11. The highest BCUT2D eigenvalue weighted by atomic mass is 79.9. The summed E-state index contributed by atoms with van der Waals surface area (Å²) in [4.78, 5) is 22.5. The highest BCUT2D eigenvalue weighted by Gasteiger charge is 2.38. The summed E-state index contributed by atoms with van der Waals surface area (Å²) in [5.74, 6) is 0.332. The Kier molecular flexibility index (Phi) is 12.0. The van der Waals surface area contributed by atoms with Gasteiger partial charge in [-0.3, -0.25) is 4.79 Å². The Balaban J connectivity index is 0.000000244. The van der Waals surface area contributed by atoms with Gasteiger partial charge in [0.05, 0.1) is 41.6 Å². The van der Waals surface area contributed by atoms with Crippen molar-refractivity contribution in [2.45, 2.75) is 57.5 Å². The fourth-order valence-electron chi connectivity index (χ4n) is 5.15. The number of pyridine rings is 2. The third-order valence-electron chi connectivity index (χ3n) is 8.27. The van der Waals surface area contributed by atoms with Gasteiger partial charge < -0.3 is 29.3 Å². The minimum atomic E-state index is -1.76. The number of aromatic nitrogens is 4. The molecule has 3 aromatic heterocycles. The summed E-state index contributed by atoms with van der Waals surface area (Å²) in [5.41, 5.74) is -0.203. The monoisotopic (exact) mass is 795 g/mol. The summed E-state index contributed by atoms with van der Waals surface area (Å²) in [6, 6.07) is 21.2. The Bertz CT molecular complexity index is 1990. The molecular formula is C38H40BrClFN5O6. The van der Waals surface area contributed by atoms with Gasteiger partial charge >= 0.3 is 0 Å². The normalized spacial score (nSPS) is 16.0. The summed E-state index contributed by atoms with van der Waals surface area (Å²) in [6.45, 7) is 7.31. The molecule has 1 aliphatic heterocycles. The molecule has 0 amide bonds. The zero-order valence-corrected chi connectivity index (χ0v) is 31.7. The number of anilines is 1. The molecular weight excluding hydrogens is 757 g/mol. The topological polar surface area (TPSA) is 132 Å². The summed E-state index contributed by atoms with van der Waals surface area (Å²) >= 11 is 9.64. The van der Waals surface area contributed by atoms with Crippen LogP contribution in [0.25, 0.3) is 5.69 Å². The summed E-state index contributed by atoms with van der Waals surface area (Å²) in [7, 11) is 1.53. The van der Waals surface area contributed by atoms with Gasteiger partial charge in [-0.1, -0.05) is 35.9 Å². The van der Waals surface area contributed by atoms with Crippen LogP contribution >= 0.6 is 27.5 Å². The predicted octanol–water partition coefficient (Wildman–Crippen LogP) is 8.08. The molecule has 0 aliphatic carbocycles. The second kappa shape index (κ2) is 16.1. The predicted molar refractivity (Wildman–Crippen MR) is 200 cm³/mol. The minimum Gasteiger partial charge on any atom is -0.439 e. The van der Waals surface area contributed by atoms with E-state index in [1.54, 1.807) is 76.4 Å². The Morgan fingerprint density at radius 1 is 0.865 bits per heavy atom. The zero-order chi connectivity index (χ0) is 37.7. The van der Waals surface area contributed by atoms with E-state index in [1.165, 1.54) is 24.3 Å². The van der Waals surface area contributed by atoms with E-state index in [0.29, 0.717) is 42.0 Å². The second-order valence-electron chi connectivity index (χ2n) is 13.2. The van der Waals surface area contributed by atoms with Crippen LogP contribution in [0.1, 0.15) is 51.7 Å². The number of benzene rings is 2. The van der Waals surface area contributed by atoms with Gasteiger partial charge in [0, 0.05) is 42.9 Å². The van der Waals surface area contributed by atoms with E-state index in [4.69, 9.17) is 25.8 Å². The molecule has 2 aromatic carbocycles. The number of halogens is 3. The van der Waals surface area contributed by atoms with Crippen molar-refractivity contribution in [2.75, 3.05) is 25.2 Å². The first-order valence-corrected chi connectivity index (χ1v) is 17.6. The van der Waals surface area contributed by atoms with Crippen LogP contribution in [-0.2, 0) is 15.9 Å². The molecule has 1 aliphatic rings. The molecule has 52 heavy (non-hydrogen) atoms. The van der Waals surface area contributed by atoms with E-state index in [0.717, 1.165) is 20.3 Å². The number of likely N-dealkylation sites (N-methyl/N-ethyl adjacent to an activating group) is 1. The SMILES string of the molecule is CC(C)(O)c1ccc(Oc2ccc(Br)cn2)cc1.CN(c1cnn(-c2ccc(Oc3ccc(C(C)(C)O)cc3)nc2)c(=O)c1Cl)[C@]1(F)CCCOC1. The first-order valence-electron chi connectivity index (χ1n) is 16.4. The van der Waals surface area contributed by atoms with Crippen molar-refractivity contribution in [2.24, 2.45) is 0 Å². The molecule has 4 heterocycles. The van der Waals surface area contributed by atoms with Gasteiger partial charge in [0.2, 0.25) is 17.6 Å². The van der Waals surface area contributed by atoms with Gasteiger partial charge in [-0.15, -0.1) is 0 Å². The average molecular weight is 797 g/mol. The lowest BCUT2D eigenvalue weighted by Gasteiger charge is -2.38. The maximum Gasteiger partial charge on any atom is 0.292 e. The number of hydrogen-bond donors (Lipinski definition) is 2. The van der Waals surface area contributed by atoms with E-state index in [-0.39, 0.29) is 23.7 Å². The van der Waals surface area contributed by atoms with Crippen LogP contribution in [-0.4, -0.2) is 56.0 Å². The summed E-state index contributed by atoms with van der Waals surface area (Å²) in [5, 5.41) is 23.9.